The molecule has 4 nitrogen and oxygen atoms in total. The molecule has 2 aliphatic rings. The van der Waals surface area contributed by atoms with Crippen molar-refractivity contribution in [1.82, 2.24) is 5.32 Å². The number of esters is 1. The van der Waals surface area contributed by atoms with Gasteiger partial charge >= 0.3 is 5.97 Å². The predicted octanol–water partition coefficient (Wildman–Crippen LogP) is 2.44. The quantitative estimate of drug-likeness (QED) is 0.621. The van der Waals surface area contributed by atoms with Gasteiger partial charge < -0.3 is 10.1 Å². The van der Waals surface area contributed by atoms with Crippen molar-refractivity contribution in [1.29, 1.82) is 0 Å². The summed E-state index contributed by atoms with van der Waals surface area (Å²) in [6.45, 7) is 6.22. The number of nitrogens with one attached hydrogen (secondary N) is 1. The van der Waals surface area contributed by atoms with Crippen molar-refractivity contribution in [2.75, 3.05) is 6.54 Å². The molecule has 0 aromatic rings. The van der Waals surface area contributed by atoms with Crippen LogP contribution in [0.25, 0.3) is 0 Å². The van der Waals surface area contributed by atoms with Gasteiger partial charge in [0, 0.05) is 13.0 Å². The maximum Gasteiger partial charge on any atom is 0.306 e. The summed E-state index contributed by atoms with van der Waals surface area (Å²) >= 11 is 0. The van der Waals surface area contributed by atoms with Crippen molar-refractivity contribution < 1.29 is 14.3 Å². The molecule has 3 unspecified atom stereocenters. The zero-order valence-electron chi connectivity index (χ0n) is 12.6. The van der Waals surface area contributed by atoms with Crippen LogP contribution >= 0.6 is 0 Å². The highest BCUT2D eigenvalue weighted by atomic mass is 16.6. The Balaban J connectivity index is 1.61. The number of hydrogen-bond acceptors (Lipinski definition) is 3. The Morgan fingerprint density at radius 1 is 1.20 bits per heavy atom. The average Bonchev–Trinajstić information content (AvgIpc) is 2.93. The summed E-state index contributed by atoms with van der Waals surface area (Å²) < 4.78 is 5.18. The molecule has 1 fully saturated rings. The minimum Gasteiger partial charge on any atom is -0.460 e. The third-order valence-electron chi connectivity index (χ3n) is 3.95. The molecule has 4 heteroatoms. The van der Waals surface area contributed by atoms with Gasteiger partial charge in [0.25, 0.3) is 0 Å². The Labute approximate surface area is 120 Å². The first kappa shape index (κ1) is 15.1. The Morgan fingerprint density at radius 2 is 1.95 bits per heavy atom. The molecule has 20 heavy (non-hydrogen) atoms. The van der Waals surface area contributed by atoms with E-state index >= 15 is 0 Å². The largest absolute Gasteiger partial charge is 0.460 e. The summed E-state index contributed by atoms with van der Waals surface area (Å²) in [7, 11) is 0. The van der Waals surface area contributed by atoms with Crippen LogP contribution in [-0.4, -0.2) is 24.0 Å². The van der Waals surface area contributed by atoms with Gasteiger partial charge in [-0.05, 0) is 51.4 Å². The number of rotatable bonds is 5. The molecule has 1 saturated carbocycles. The van der Waals surface area contributed by atoms with Crippen LogP contribution < -0.4 is 5.32 Å². The van der Waals surface area contributed by atoms with Gasteiger partial charge in [-0.15, -0.1) is 0 Å². The van der Waals surface area contributed by atoms with Crippen molar-refractivity contribution in [3.05, 3.63) is 12.2 Å². The molecule has 0 heterocycles. The van der Waals surface area contributed by atoms with E-state index in [0.29, 0.717) is 11.8 Å². The summed E-state index contributed by atoms with van der Waals surface area (Å²) in [5, 5.41) is 2.95. The molecular formula is C16H25NO3. The zero-order chi connectivity index (χ0) is 14.8. The smallest absolute Gasteiger partial charge is 0.306 e. The van der Waals surface area contributed by atoms with Crippen LogP contribution in [0.5, 0.6) is 0 Å². The van der Waals surface area contributed by atoms with Crippen LogP contribution in [0.3, 0.4) is 0 Å². The fraction of sp³-hybridized carbons (Fsp3) is 0.750. The van der Waals surface area contributed by atoms with Gasteiger partial charge in [-0.25, -0.2) is 0 Å². The lowest BCUT2D eigenvalue weighted by Gasteiger charge is -2.20. The number of carbonyl (C=O) groups is 2. The summed E-state index contributed by atoms with van der Waals surface area (Å²) in [6.07, 6.45) is 7.38. The van der Waals surface area contributed by atoms with Crippen LogP contribution in [-0.2, 0) is 14.3 Å². The highest BCUT2D eigenvalue weighted by Gasteiger charge is 2.35. The van der Waals surface area contributed by atoms with E-state index in [9.17, 15) is 9.59 Å². The SMILES string of the molecule is CC(C)(C)OC(=O)CCC(=O)NCC1CC2C=CC1C2. The Kier molecular flexibility index (Phi) is 4.51. The van der Waals surface area contributed by atoms with E-state index in [1.165, 1.54) is 12.8 Å². The van der Waals surface area contributed by atoms with Gasteiger partial charge in [0.2, 0.25) is 5.91 Å². The third kappa shape index (κ3) is 4.36. The second kappa shape index (κ2) is 5.98. The molecule has 0 aromatic carbocycles. The number of ether oxygens (including phenoxy) is 1. The Bertz CT molecular complexity index is 408. The number of carbonyl (C=O) groups excluding carboxylic acids is 2. The van der Waals surface area contributed by atoms with Gasteiger partial charge in [-0.2, -0.15) is 0 Å². The summed E-state index contributed by atoms with van der Waals surface area (Å²) in [5.74, 6) is 1.59. The lowest BCUT2D eigenvalue weighted by atomic mass is 9.93. The maximum atomic E-state index is 11.7. The van der Waals surface area contributed by atoms with E-state index in [4.69, 9.17) is 4.74 Å². The molecule has 1 amide bonds. The van der Waals surface area contributed by atoms with Crippen LogP contribution in [0.15, 0.2) is 12.2 Å². The molecule has 2 bridgehead atoms. The van der Waals surface area contributed by atoms with E-state index in [0.717, 1.165) is 12.5 Å². The second-order valence-electron chi connectivity index (χ2n) is 6.93. The van der Waals surface area contributed by atoms with Crippen LogP contribution in [0, 0.1) is 17.8 Å². The monoisotopic (exact) mass is 279 g/mol. The van der Waals surface area contributed by atoms with Crippen molar-refractivity contribution in [2.45, 2.75) is 52.1 Å². The predicted molar refractivity (Wildman–Crippen MR) is 76.9 cm³/mol. The average molecular weight is 279 g/mol. The van der Waals surface area contributed by atoms with Gasteiger partial charge in [0.15, 0.2) is 0 Å². The molecule has 0 radical (unpaired) electrons. The number of hydrogen-bond donors (Lipinski definition) is 1. The van der Waals surface area contributed by atoms with Crippen molar-refractivity contribution in [3.8, 4) is 0 Å². The van der Waals surface area contributed by atoms with E-state index in [1.54, 1.807) is 0 Å². The topological polar surface area (TPSA) is 55.4 Å². The van der Waals surface area contributed by atoms with Gasteiger partial charge in [-0.1, -0.05) is 12.2 Å². The van der Waals surface area contributed by atoms with E-state index in [1.807, 2.05) is 20.8 Å². The fourth-order valence-electron chi connectivity index (χ4n) is 3.07. The molecule has 3 atom stereocenters. The van der Waals surface area contributed by atoms with Crippen LogP contribution in [0.2, 0.25) is 0 Å². The molecule has 0 spiro atoms. The molecule has 2 aliphatic carbocycles. The van der Waals surface area contributed by atoms with Crippen LogP contribution in [0.1, 0.15) is 46.5 Å². The molecular weight excluding hydrogens is 254 g/mol. The van der Waals surface area contributed by atoms with Gasteiger partial charge in [0.1, 0.15) is 5.60 Å². The normalized spacial score (nSPS) is 27.6. The first-order valence-corrected chi connectivity index (χ1v) is 7.50. The summed E-state index contributed by atoms with van der Waals surface area (Å²) in [6, 6.07) is 0. The fourth-order valence-corrected chi connectivity index (χ4v) is 3.07. The Morgan fingerprint density at radius 3 is 2.50 bits per heavy atom. The van der Waals surface area contributed by atoms with E-state index < -0.39 is 5.60 Å². The lowest BCUT2D eigenvalue weighted by Crippen LogP contribution is -2.31. The highest BCUT2D eigenvalue weighted by Crippen LogP contribution is 2.42. The molecule has 2 rings (SSSR count). The highest BCUT2D eigenvalue weighted by molar-refractivity contribution is 5.81. The lowest BCUT2D eigenvalue weighted by molar-refractivity contribution is -0.155. The standard InChI is InChI=1S/C16H25NO3/c1-16(2,3)20-15(19)7-6-14(18)17-10-13-9-11-4-5-12(13)8-11/h4-5,11-13H,6-10H2,1-3H3,(H,17,18). The first-order valence-electron chi connectivity index (χ1n) is 7.50. The van der Waals surface area contributed by atoms with Crippen molar-refractivity contribution in [3.63, 3.8) is 0 Å². The maximum absolute atomic E-state index is 11.7. The summed E-state index contributed by atoms with van der Waals surface area (Å²) in [4.78, 5) is 23.3. The Hall–Kier alpha value is -1.32. The number of amides is 1. The number of fused-ring (bicyclic) bond motifs is 2. The molecule has 0 saturated heterocycles. The van der Waals surface area contributed by atoms with Gasteiger partial charge in [0.05, 0.1) is 6.42 Å². The van der Waals surface area contributed by atoms with Gasteiger partial charge in [-0.3, -0.25) is 9.59 Å². The van der Waals surface area contributed by atoms with E-state index in [2.05, 4.69) is 17.5 Å². The second-order valence-corrected chi connectivity index (χ2v) is 6.93. The molecule has 0 aromatic heterocycles. The molecule has 112 valence electrons. The minimum atomic E-state index is -0.483. The van der Waals surface area contributed by atoms with E-state index in [-0.39, 0.29) is 24.7 Å². The van der Waals surface area contributed by atoms with Crippen molar-refractivity contribution in [2.24, 2.45) is 17.8 Å². The number of allylic oxidation sites excluding steroid dienone is 2. The zero-order valence-corrected chi connectivity index (χ0v) is 12.6. The minimum absolute atomic E-state index is 0.0531. The van der Waals surface area contributed by atoms with Crippen molar-refractivity contribution >= 4 is 11.9 Å². The van der Waals surface area contributed by atoms with Crippen LogP contribution in [0.4, 0.5) is 0 Å². The summed E-state index contributed by atoms with van der Waals surface area (Å²) in [5.41, 5.74) is -0.483. The first-order chi connectivity index (χ1) is 9.33. The molecule has 0 aliphatic heterocycles. The third-order valence-corrected chi connectivity index (χ3v) is 3.95. The molecule has 1 N–H and O–H groups in total.